The van der Waals surface area contributed by atoms with Gasteiger partial charge in [0.05, 0.1) is 31.7 Å². The van der Waals surface area contributed by atoms with E-state index in [1.54, 1.807) is 26.5 Å². The number of aromatic nitrogens is 3. The summed E-state index contributed by atoms with van der Waals surface area (Å²) < 4.78 is 16.6. The first kappa shape index (κ1) is 33.0. The van der Waals surface area contributed by atoms with Crippen molar-refractivity contribution in [3.63, 3.8) is 0 Å². The second-order valence-electron chi connectivity index (χ2n) is 14.1. The minimum absolute atomic E-state index is 0.0367. The van der Waals surface area contributed by atoms with Crippen LogP contribution in [0.25, 0.3) is 11.3 Å². The number of Topliss-reactive ketones (excluding diaryl/α,β-unsaturated/α-hetero) is 1. The Balaban J connectivity index is 1.04. The Bertz CT molecular complexity index is 1730. The van der Waals surface area contributed by atoms with Crippen molar-refractivity contribution in [3.05, 3.63) is 65.8 Å². The molecule has 1 saturated heterocycles. The summed E-state index contributed by atoms with van der Waals surface area (Å²) in [5.41, 5.74) is 4.67. The summed E-state index contributed by atoms with van der Waals surface area (Å²) in [5, 5.41) is 0. The summed E-state index contributed by atoms with van der Waals surface area (Å²) in [6, 6.07) is 7.55. The highest BCUT2D eigenvalue weighted by Crippen LogP contribution is 2.41. The van der Waals surface area contributed by atoms with Crippen molar-refractivity contribution in [2.24, 2.45) is 11.8 Å². The van der Waals surface area contributed by atoms with Crippen LogP contribution in [0.2, 0.25) is 0 Å². The minimum Gasteiger partial charge on any atom is -0.495 e. The van der Waals surface area contributed by atoms with Crippen LogP contribution in [-0.4, -0.2) is 63.9 Å². The summed E-state index contributed by atoms with van der Waals surface area (Å²) in [4.78, 5) is 55.9. The Kier molecular flexibility index (Phi) is 9.51. The van der Waals surface area contributed by atoms with Crippen LogP contribution in [0, 0.1) is 18.8 Å². The number of nitrogens with zero attached hydrogens (tertiary/aromatic N) is 5. The molecule has 258 valence electrons. The van der Waals surface area contributed by atoms with Crippen LogP contribution in [0.3, 0.4) is 0 Å². The number of ether oxygens (including phenoxy) is 2. The van der Waals surface area contributed by atoms with Crippen LogP contribution in [0.15, 0.2) is 53.0 Å². The fourth-order valence-electron chi connectivity index (χ4n) is 7.37. The normalized spacial score (nSPS) is 23.9. The van der Waals surface area contributed by atoms with E-state index in [1.807, 2.05) is 30.0 Å². The molecular formula is C38H45N5O6. The molecule has 4 heterocycles. The lowest BCUT2D eigenvalue weighted by Gasteiger charge is -2.35. The smallest absolute Gasteiger partial charge is 0.415 e. The molecule has 0 N–H and O–H groups in total. The lowest BCUT2D eigenvalue weighted by atomic mass is 9.79. The van der Waals surface area contributed by atoms with Gasteiger partial charge in [-0.25, -0.2) is 14.8 Å². The summed E-state index contributed by atoms with van der Waals surface area (Å²) in [6.45, 7) is 4.39. The Morgan fingerprint density at radius 3 is 2.45 bits per heavy atom. The number of rotatable bonds is 9. The van der Waals surface area contributed by atoms with E-state index in [-0.39, 0.29) is 24.2 Å². The fraction of sp³-hybridized carbons (Fsp3) is 0.526. The van der Waals surface area contributed by atoms with Crippen molar-refractivity contribution in [1.29, 1.82) is 0 Å². The number of anilines is 1. The molecule has 3 aromatic rings. The Labute approximate surface area is 287 Å². The molecule has 0 aromatic carbocycles. The number of carbonyl (C=O) groups is 3. The molecule has 1 atom stereocenters. The topological polar surface area (TPSA) is 128 Å². The van der Waals surface area contributed by atoms with Crippen molar-refractivity contribution in [3.8, 4) is 17.0 Å². The third-order valence-corrected chi connectivity index (χ3v) is 10.8. The number of carbonyl (C=O) groups excluding carboxylic acids is 3. The molecule has 0 spiro atoms. The molecule has 4 fully saturated rings. The van der Waals surface area contributed by atoms with Crippen molar-refractivity contribution in [1.82, 2.24) is 19.9 Å². The summed E-state index contributed by atoms with van der Waals surface area (Å²) in [6.07, 6.45) is 13.4. The maximum absolute atomic E-state index is 14.4. The van der Waals surface area contributed by atoms with Gasteiger partial charge in [-0.05, 0) is 114 Å². The van der Waals surface area contributed by atoms with E-state index in [0.29, 0.717) is 55.8 Å². The zero-order chi connectivity index (χ0) is 34.1. The van der Waals surface area contributed by atoms with Gasteiger partial charge in [-0.15, -0.1) is 0 Å². The number of amides is 2. The number of pyridine rings is 2. The molecule has 0 radical (unpaired) electrons. The first-order valence-corrected chi connectivity index (χ1v) is 17.7. The SMILES string of the molecule is COc1ccc(C2CCC(CN(C(=O)C3CCC(=COC(=O)N4CC(=O)[C@@H]4C)CC3)c3cc(-c4coc(C5CC5)n4)ccn3)CC2)nc1C. The number of allylic oxidation sites excluding steroid dienone is 1. The van der Waals surface area contributed by atoms with E-state index in [0.717, 1.165) is 78.4 Å². The van der Waals surface area contributed by atoms with Gasteiger partial charge in [0.15, 0.2) is 11.7 Å². The van der Waals surface area contributed by atoms with Gasteiger partial charge >= 0.3 is 6.09 Å². The maximum Gasteiger partial charge on any atom is 0.415 e. The second kappa shape index (κ2) is 14.1. The van der Waals surface area contributed by atoms with E-state index in [1.165, 1.54) is 11.2 Å². The third kappa shape index (κ3) is 7.26. The van der Waals surface area contributed by atoms with E-state index >= 15 is 0 Å². The highest BCUT2D eigenvalue weighted by molar-refractivity contribution is 5.97. The van der Waals surface area contributed by atoms with Crippen LogP contribution in [0.4, 0.5) is 10.6 Å². The van der Waals surface area contributed by atoms with E-state index in [4.69, 9.17) is 28.8 Å². The number of hydrogen-bond donors (Lipinski definition) is 0. The van der Waals surface area contributed by atoms with Gasteiger partial charge in [0.2, 0.25) is 5.91 Å². The van der Waals surface area contributed by atoms with E-state index in [2.05, 4.69) is 6.07 Å². The predicted octanol–water partition coefficient (Wildman–Crippen LogP) is 7.12. The van der Waals surface area contributed by atoms with Gasteiger partial charge in [-0.3, -0.25) is 24.4 Å². The molecule has 3 aromatic heterocycles. The van der Waals surface area contributed by atoms with Crippen LogP contribution < -0.4 is 9.64 Å². The quantitative estimate of drug-likeness (QED) is 0.219. The average Bonchev–Trinajstić information content (AvgIpc) is 3.87. The summed E-state index contributed by atoms with van der Waals surface area (Å²) in [7, 11) is 1.67. The predicted molar refractivity (Wildman–Crippen MR) is 182 cm³/mol. The molecule has 2 amide bonds. The van der Waals surface area contributed by atoms with Crippen LogP contribution >= 0.6 is 0 Å². The first-order chi connectivity index (χ1) is 23.8. The summed E-state index contributed by atoms with van der Waals surface area (Å²) in [5.74, 6) is 3.33. The maximum atomic E-state index is 14.4. The minimum atomic E-state index is -0.501. The summed E-state index contributed by atoms with van der Waals surface area (Å²) >= 11 is 0. The van der Waals surface area contributed by atoms with Crippen molar-refractivity contribution < 1.29 is 28.3 Å². The standard InChI is InChI=1S/C38H45N5O6/c1-23-34(47-3)15-14-31(40-23)27-8-4-25(5-9-27)19-43(35-18-30(16-17-39-35)32-22-48-36(41-32)28-12-13-28)37(45)29-10-6-26(7-11-29)21-49-38(46)42-20-33(44)24(42)2/h14-18,21-22,24-25,27-29H,4-13,19-20H2,1-3H3/t24-,25?,27?,29?/m0/s1. The molecule has 4 aliphatic rings. The second-order valence-corrected chi connectivity index (χ2v) is 14.1. The van der Waals surface area contributed by atoms with Crippen molar-refractivity contribution in [2.75, 3.05) is 25.1 Å². The monoisotopic (exact) mass is 667 g/mol. The van der Waals surface area contributed by atoms with Crippen molar-refractivity contribution >= 4 is 23.6 Å². The van der Waals surface area contributed by atoms with E-state index in [9.17, 15) is 14.4 Å². The molecule has 11 heteroatoms. The highest BCUT2D eigenvalue weighted by Gasteiger charge is 2.38. The number of hydrogen-bond acceptors (Lipinski definition) is 9. The third-order valence-electron chi connectivity index (χ3n) is 10.8. The number of oxazole rings is 1. The Hall–Kier alpha value is -4.54. The number of aryl methyl sites for hydroxylation is 1. The Morgan fingerprint density at radius 1 is 1.02 bits per heavy atom. The highest BCUT2D eigenvalue weighted by atomic mass is 16.5. The molecule has 0 bridgehead atoms. The zero-order valence-corrected chi connectivity index (χ0v) is 28.6. The average molecular weight is 668 g/mol. The molecule has 11 nitrogen and oxygen atoms in total. The largest absolute Gasteiger partial charge is 0.495 e. The first-order valence-electron chi connectivity index (χ1n) is 17.7. The number of methoxy groups -OCH3 is 1. The molecular weight excluding hydrogens is 622 g/mol. The lowest BCUT2D eigenvalue weighted by molar-refractivity contribution is -0.133. The van der Waals surface area contributed by atoms with Crippen LogP contribution in [0.5, 0.6) is 5.75 Å². The molecule has 0 unspecified atom stereocenters. The van der Waals surface area contributed by atoms with Gasteiger partial charge < -0.3 is 13.9 Å². The van der Waals surface area contributed by atoms with Crippen LogP contribution in [0.1, 0.15) is 100 Å². The molecule has 3 saturated carbocycles. The molecule has 49 heavy (non-hydrogen) atoms. The molecule has 3 aliphatic carbocycles. The van der Waals surface area contributed by atoms with Crippen molar-refractivity contribution in [2.45, 2.75) is 95.9 Å². The van der Waals surface area contributed by atoms with Gasteiger partial charge in [0.1, 0.15) is 23.5 Å². The van der Waals surface area contributed by atoms with Gasteiger partial charge in [0.25, 0.3) is 0 Å². The fourth-order valence-corrected chi connectivity index (χ4v) is 7.37. The number of ketones is 1. The Morgan fingerprint density at radius 2 is 1.78 bits per heavy atom. The zero-order valence-electron chi connectivity index (χ0n) is 28.6. The van der Waals surface area contributed by atoms with Gasteiger partial charge in [0, 0.05) is 41.8 Å². The van der Waals surface area contributed by atoms with E-state index < -0.39 is 12.1 Å². The number of likely N-dealkylation sites (tertiary alicyclic amines) is 1. The van der Waals surface area contributed by atoms with Gasteiger partial charge in [-0.2, -0.15) is 0 Å². The van der Waals surface area contributed by atoms with Crippen LogP contribution in [-0.2, 0) is 14.3 Å². The molecule has 1 aliphatic heterocycles. The lowest BCUT2D eigenvalue weighted by Crippen LogP contribution is -2.57. The van der Waals surface area contributed by atoms with Gasteiger partial charge in [-0.1, -0.05) is 0 Å². The molecule has 7 rings (SSSR count).